The molecule has 2 rings (SSSR count). The van der Waals surface area contributed by atoms with Gasteiger partial charge in [0.1, 0.15) is 0 Å². The highest BCUT2D eigenvalue weighted by Crippen LogP contribution is 2.14. The van der Waals surface area contributed by atoms with Crippen molar-refractivity contribution >= 4 is 17.5 Å². The number of hydrogen-bond donors (Lipinski definition) is 2. The van der Waals surface area contributed by atoms with Crippen LogP contribution in [0.5, 0.6) is 0 Å². The number of nitrogens with zero attached hydrogens (tertiary/aromatic N) is 2. The Morgan fingerprint density at radius 3 is 2.71 bits per heavy atom. The molecule has 1 aromatic carbocycles. The van der Waals surface area contributed by atoms with Crippen LogP contribution < -0.4 is 10.6 Å². The van der Waals surface area contributed by atoms with Gasteiger partial charge in [0, 0.05) is 43.4 Å². The second-order valence-electron chi connectivity index (χ2n) is 5.35. The van der Waals surface area contributed by atoms with Crippen LogP contribution in [0, 0.1) is 0 Å². The first kappa shape index (κ1) is 17.9. The highest BCUT2D eigenvalue weighted by Gasteiger charge is 2.06. The Labute approximate surface area is 142 Å². The van der Waals surface area contributed by atoms with Gasteiger partial charge in [-0.15, -0.1) is 0 Å². The van der Waals surface area contributed by atoms with E-state index in [1.807, 2.05) is 12.1 Å². The fraction of sp³-hybridized carbons (Fsp3) is 0.389. The van der Waals surface area contributed by atoms with Crippen molar-refractivity contribution in [2.75, 3.05) is 25.1 Å². The highest BCUT2D eigenvalue weighted by atomic mass is 16.5. The van der Waals surface area contributed by atoms with Crippen LogP contribution in [0.25, 0.3) is 0 Å². The molecule has 0 aliphatic heterocycles. The summed E-state index contributed by atoms with van der Waals surface area (Å²) in [4.78, 5) is 20.4. The van der Waals surface area contributed by atoms with Crippen molar-refractivity contribution in [2.45, 2.75) is 26.2 Å². The summed E-state index contributed by atoms with van der Waals surface area (Å²) < 4.78 is 5.47. The van der Waals surface area contributed by atoms with E-state index in [9.17, 15) is 4.79 Å². The Kier molecular flexibility index (Phi) is 7.70. The molecule has 0 fully saturated rings. The summed E-state index contributed by atoms with van der Waals surface area (Å²) in [5.74, 6) is 0.403. The Hall–Kier alpha value is -2.47. The van der Waals surface area contributed by atoms with E-state index >= 15 is 0 Å². The molecule has 2 aromatic rings. The number of ether oxygens (including phenoxy) is 1. The molecule has 1 aromatic heterocycles. The minimum Gasteiger partial charge on any atom is -0.381 e. The van der Waals surface area contributed by atoms with Crippen molar-refractivity contribution in [3.63, 3.8) is 0 Å². The fourth-order valence-electron chi connectivity index (χ4n) is 2.06. The number of carbonyl (C=O) groups excluding carboxylic acids is 1. The van der Waals surface area contributed by atoms with Gasteiger partial charge in [-0.1, -0.05) is 19.4 Å². The van der Waals surface area contributed by atoms with Gasteiger partial charge in [0.15, 0.2) is 0 Å². The van der Waals surface area contributed by atoms with Crippen LogP contribution in [-0.4, -0.2) is 35.6 Å². The minimum absolute atomic E-state index is 0.0961. The number of anilines is 2. The summed E-state index contributed by atoms with van der Waals surface area (Å²) >= 11 is 0. The lowest BCUT2D eigenvalue weighted by Crippen LogP contribution is -2.25. The standard InChI is InChI=1S/C18H24N4O2/c1-2-3-12-24-13-6-11-19-17(23)15-7-4-8-16(14-15)22-18-20-9-5-10-21-18/h4-5,7-10,14H,2-3,6,11-13H2,1H3,(H,19,23)(H,20,21,22). The summed E-state index contributed by atoms with van der Waals surface area (Å²) in [5.41, 5.74) is 1.37. The molecule has 0 bridgehead atoms. The van der Waals surface area contributed by atoms with E-state index in [4.69, 9.17) is 4.74 Å². The second-order valence-corrected chi connectivity index (χ2v) is 5.35. The van der Waals surface area contributed by atoms with Crippen molar-refractivity contribution in [3.05, 3.63) is 48.3 Å². The maximum Gasteiger partial charge on any atom is 0.251 e. The van der Waals surface area contributed by atoms with Gasteiger partial charge in [-0.2, -0.15) is 0 Å². The minimum atomic E-state index is -0.0961. The number of rotatable bonds is 10. The molecule has 0 unspecified atom stereocenters. The van der Waals surface area contributed by atoms with Gasteiger partial charge in [0.25, 0.3) is 5.91 Å². The van der Waals surface area contributed by atoms with Gasteiger partial charge in [-0.3, -0.25) is 4.79 Å². The molecule has 0 aliphatic rings. The molecule has 6 nitrogen and oxygen atoms in total. The Morgan fingerprint density at radius 1 is 1.12 bits per heavy atom. The molecule has 1 amide bonds. The molecule has 0 radical (unpaired) electrons. The van der Waals surface area contributed by atoms with Gasteiger partial charge in [-0.05, 0) is 37.1 Å². The van der Waals surface area contributed by atoms with E-state index in [1.165, 1.54) is 0 Å². The van der Waals surface area contributed by atoms with Crippen molar-refractivity contribution in [1.82, 2.24) is 15.3 Å². The van der Waals surface area contributed by atoms with Crippen molar-refractivity contribution in [3.8, 4) is 0 Å². The molecular weight excluding hydrogens is 304 g/mol. The average molecular weight is 328 g/mol. The topological polar surface area (TPSA) is 76.1 Å². The third-order valence-corrected chi connectivity index (χ3v) is 3.34. The van der Waals surface area contributed by atoms with E-state index in [1.54, 1.807) is 30.6 Å². The normalized spacial score (nSPS) is 10.4. The first-order chi connectivity index (χ1) is 11.8. The molecule has 6 heteroatoms. The molecule has 0 atom stereocenters. The Balaban J connectivity index is 1.77. The third-order valence-electron chi connectivity index (χ3n) is 3.34. The van der Waals surface area contributed by atoms with Gasteiger partial charge in [0.2, 0.25) is 5.95 Å². The number of hydrogen-bond acceptors (Lipinski definition) is 5. The van der Waals surface area contributed by atoms with Crippen LogP contribution in [0.15, 0.2) is 42.7 Å². The largest absolute Gasteiger partial charge is 0.381 e. The van der Waals surface area contributed by atoms with E-state index in [2.05, 4.69) is 27.5 Å². The first-order valence-electron chi connectivity index (χ1n) is 8.29. The lowest BCUT2D eigenvalue weighted by atomic mass is 10.2. The van der Waals surface area contributed by atoms with Crippen LogP contribution in [0.2, 0.25) is 0 Å². The quantitative estimate of drug-likeness (QED) is 0.655. The van der Waals surface area contributed by atoms with Crippen LogP contribution in [-0.2, 0) is 4.74 Å². The zero-order chi connectivity index (χ0) is 17.0. The molecule has 0 aliphatic carbocycles. The SMILES string of the molecule is CCCCOCCCNC(=O)c1cccc(Nc2ncccn2)c1. The molecule has 24 heavy (non-hydrogen) atoms. The van der Waals surface area contributed by atoms with Crippen LogP contribution in [0.1, 0.15) is 36.5 Å². The first-order valence-corrected chi connectivity index (χ1v) is 8.29. The number of amides is 1. The summed E-state index contributed by atoms with van der Waals surface area (Å²) in [5, 5.41) is 5.98. The average Bonchev–Trinajstić information content (AvgIpc) is 2.62. The smallest absolute Gasteiger partial charge is 0.251 e. The third kappa shape index (κ3) is 6.34. The van der Waals surface area contributed by atoms with E-state index in [0.29, 0.717) is 24.7 Å². The summed E-state index contributed by atoms with van der Waals surface area (Å²) in [6, 6.07) is 9.01. The number of benzene rings is 1. The zero-order valence-electron chi connectivity index (χ0n) is 14.0. The predicted molar refractivity (Wildman–Crippen MR) is 94.4 cm³/mol. The summed E-state index contributed by atoms with van der Waals surface area (Å²) in [7, 11) is 0. The van der Waals surface area contributed by atoms with E-state index in [-0.39, 0.29) is 5.91 Å². The molecule has 0 spiro atoms. The molecule has 1 heterocycles. The Bertz CT molecular complexity index is 619. The number of aromatic nitrogens is 2. The maximum absolute atomic E-state index is 12.2. The van der Waals surface area contributed by atoms with Gasteiger partial charge < -0.3 is 15.4 Å². The van der Waals surface area contributed by atoms with Crippen LogP contribution in [0.3, 0.4) is 0 Å². The maximum atomic E-state index is 12.2. The van der Waals surface area contributed by atoms with Crippen LogP contribution >= 0.6 is 0 Å². The predicted octanol–water partition coefficient (Wildman–Crippen LogP) is 3.16. The Morgan fingerprint density at radius 2 is 1.92 bits per heavy atom. The summed E-state index contributed by atoms with van der Waals surface area (Å²) in [6.07, 6.45) is 6.35. The van der Waals surface area contributed by atoms with E-state index < -0.39 is 0 Å². The van der Waals surface area contributed by atoms with Gasteiger partial charge >= 0.3 is 0 Å². The molecule has 0 saturated heterocycles. The fourth-order valence-corrected chi connectivity index (χ4v) is 2.06. The van der Waals surface area contributed by atoms with E-state index in [0.717, 1.165) is 31.6 Å². The summed E-state index contributed by atoms with van der Waals surface area (Å²) in [6.45, 7) is 4.20. The zero-order valence-corrected chi connectivity index (χ0v) is 14.0. The monoisotopic (exact) mass is 328 g/mol. The lowest BCUT2D eigenvalue weighted by Gasteiger charge is -2.08. The number of carbonyl (C=O) groups is 1. The lowest BCUT2D eigenvalue weighted by molar-refractivity contribution is 0.0940. The number of nitrogens with one attached hydrogen (secondary N) is 2. The second kappa shape index (κ2) is 10.3. The van der Waals surface area contributed by atoms with Crippen molar-refractivity contribution < 1.29 is 9.53 Å². The van der Waals surface area contributed by atoms with Crippen molar-refractivity contribution in [2.24, 2.45) is 0 Å². The molecule has 2 N–H and O–H groups in total. The highest BCUT2D eigenvalue weighted by molar-refractivity contribution is 5.95. The van der Waals surface area contributed by atoms with Crippen LogP contribution in [0.4, 0.5) is 11.6 Å². The molecule has 0 saturated carbocycles. The van der Waals surface area contributed by atoms with Gasteiger partial charge in [-0.25, -0.2) is 9.97 Å². The molecule has 128 valence electrons. The number of unbranched alkanes of at least 4 members (excludes halogenated alkanes) is 1. The van der Waals surface area contributed by atoms with Gasteiger partial charge in [0.05, 0.1) is 0 Å². The van der Waals surface area contributed by atoms with Crippen molar-refractivity contribution in [1.29, 1.82) is 0 Å². The molecular formula is C18H24N4O2.